The molecule has 4 atom stereocenters. The van der Waals surface area contributed by atoms with Crippen molar-refractivity contribution in [2.75, 3.05) is 6.61 Å². The van der Waals surface area contributed by atoms with Crippen LogP contribution in [0.5, 0.6) is 0 Å². The molecule has 1 rings (SSSR count). The normalized spacial score (nSPS) is 28.9. The van der Waals surface area contributed by atoms with Crippen LogP contribution in [0.1, 0.15) is 60.3 Å². The first kappa shape index (κ1) is 23.2. The van der Waals surface area contributed by atoms with Crippen LogP contribution in [0.2, 0.25) is 0 Å². The second kappa shape index (κ2) is 9.93. The molecule has 4 N–H and O–H groups in total. The quantitative estimate of drug-likeness (QED) is 0.487. The van der Waals surface area contributed by atoms with Crippen molar-refractivity contribution in [2.24, 2.45) is 17.3 Å². The minimum Gasteiger partial charge on any atom is -0.511 e. The smallest absolute Gasteiger partial charge is 0.108 e. The fourth-order valence-corrected chi connectivity index (χ4v) is 3.68. The highest BCUT2D eigenvalue weighted by molar-refractivity contribution is 6.30. The Balaban J connectivity index is 2.81. The van der Waals surface area contributed by atoms with Crippen molar-refractivity contribution in [2.45, 2.75) is 72.5 Å². The molecule has 4 nitrogen and oxygen atoms in total. The molecule has 0 heterocycles. The van der Waals surface area contributed by atoms with E-state index in [9.17, 15) is 20.4 Å². The summed E-state index contributed by atoms with van der Waals surface area (Å²) in [5.41, 5.74) is 1.50. The molecule has 1 aliphatic rings. The summed E-state index contributed by atoms with van der Waals surface area (Å²) >= 11 is 6.32. The lowest BCUT2D eigenvalue weighted by Gasteiger charge is -2.36. The van der Waals surface area contributed by atoms with E-state index in [2.05, 4.69) is 6.08 Å². The summed E-state index contributed by atoms with van der Waals surface area (Å²) in [6.45, 7) is 9.23. The van der Waals surface area contributed by atoms with Gasteiger partial charge in [-0.1, -0.05) is 43.2 Å². The van der Waals surface area contributed by atoms with E-state index >= 15 is 0 Å². The van der Waals surface area contributed by atoms with Crippen LogP contribution < -0.4 is 0 Å². The minimum absolute atomic E-state index is 0.109. The van der Waals surface area contributed by atoms with Gasteiger partial charge in [0.25, 0.3) is 0 Å². The molecule has 0 aromatic heterocycles. The summed E-state index contributed by atoms with van der Waals surface area (Å²) in [5, 5.41) is 40.7. The Hall–Kier alpha value is -0.810. The van der Waals surface area contributed by atoms with Crippen LogP contribution in [-0.4, -0.2) is 39.2 Å². The Morgan fingerprint density at radius 2 is 1.92 bits per heavy atom. The van der Waals surface area contributed by atoms with Gasteiger partial charge in [0.2, 0.25) is 0 Å². The standard InChI is InChI=1S/C21H35ClO4/c1-13(7-6-8-14(2)15(3)24)9-10-16-11-18(25)20(22)21(4,5)17(12-23)19(16)26/h8-9,15-17,19,23-26H,6-7,10-12H2,1-5H3/b13-9+,14-8+. The molecule has 0 amide bonds. The van der Waals surface area contributed by atoms with Gasteiger partial charge in [-0.3, -0.25) is 0 Å². The van der Waals surface area contributed by atoms with Crippen LogP contribution in [0.25, 0.3) is 0 Å². The van der Waals surface area contributed by atoms with E-state index in [0.717, 1.165) is 18.4 Å². The van der Waals surface area contributed by atoms with E-state index < -0.39 is 23.5 Å². The van der Waals surface area contributed by atoms with Gasteiger partial charge in [0, 0.05) is 24.4 Å². The Morgan fingerprint density at radius 3 is 2.46 bits per heavy atom. The molecule has 0 aliphatic heterocycles. The minimum atomic E-state index is -0.741. The molecule has 1 aliphatic carbocycles. The molecule has 0 saturated carbocycles. The van der Waals surface area contributed by atoms with Gasteiger partial charge in [-0.15, -0.1) is 0 Å². The molecule has 0 fully saturated rings. The summed E-state index contributed by atoms with van der Waals surface area (Å²) in [6, 6.07) is 0. The number of aliphatic hydroxyl groups is 4. The molecule has 4 unspecified atom stereocenters. The highest BCUT2D eigenvalue weighted by atomic mass is 35.5. The lowest BCUT2D eigenvalue weighted by atomic mass is 9.73. The lowest BCUT2D eigenvalue weighted by Crippen LogP contribution is -2.39. The van der Waals surface area contributed by atoms with Gasteiger partial charge in [0.15, 0.2) is 0 Å². The molecule has 26 heavy (non-hydrogen) atoms. The third-order valence-electron chi connectivity index (χ3n) is 5.73. The summed E-state index contributed by atoms with van der Waals surface area (Å²) in [7, 11) is 0. The van der Waals surface area contributed by atoms with Crippen molar-refractivity contribution in [1.82, 2.24) is 0 Å². The summed E-state index contributed by atoms with van der Waals surface area (Å²) in [4.78, 5) is 0. The van der Waals surface area contributed by atoms with Crippen LogP contribution in [0, 0.1) is 17.3 Å². The third-order valence-corrected chi connectivity index (χ3v) is 6.43. The fraction of sp³-hybridized carbons (Fsp3) is 0.714. The van der Waals surface area contributed by atoms with Crippen LogP contribution in [-0.2, 0) is 0 Å². The number of hydrogen-bond acceptors (Lipinski definition) is 4. The highest BCUT2D eigenvalue weighted by Gasteiger charge is 2.44. The van der Waals surface area contributed by atoms with Gasteiger partial charge in [0.05, 0.1) is 17.2 Å². The average Bonchev–Trinajstić information content (AvgIpc) is 2.62. The van der Waals surface area contributed by atoms with Crippen LogP contribution in [0.4, 0.5) is 0 Å². The van der Waals surface area contributed by atoms with Gasteiger partial charge >= 0.3 is 0 Å². The van der Waals surface area contributed by atoms with Crippen LogP contribution in [0.3, 0.4) is 0 Å². The van der Waals surface area contributed by atoms with Crippen molar-refractivity contribution in [3.8, 4) is 0 Å². The molecule has 0 aromatic rings. The van der Waals surface area contributed by atoms with E-state index in [0.29, 0.717) is 17.9 Å². The molecule has 0 bridgehead atoms. The third kappa shape index (κ3) is 5.85. The first-order valence-corrected chi connectivity index (χ1v) is 9.77. The summed E-state index contributed by atoms with van der Waals surface area (Å²) in [5.74, 6) is -0.499. The Labute approximate surface area is 162 Å². The van der Waals surface area contributed by atoms with Crippen molar-refractivity contribution in [1.29, 1.82) is 0 Å². The molecular weight excluding hydrogens is 352 g/mol. The van der Waals surface area contributed by atoms with E-state index in [1.807, 2.05) is 33.8 Å². The maximum atomic E-state index is 10.8. The van der Waals surface area contributed by atoms with Crippen molar-refractivity contribution in [3.63, 3.8) is 0 Å². The molecule has 5 heteroatoms. The predicted octanol–water partition coefficient (Wildman–Crippen LogP) is 4.45. The van der Waals surface area contributed by atoms with Gasteiger partial charge in [-0.05, 0) is 51.5 Å². The van der Waals surface area contributed by atoms with Crippen LogP contribution in [0.15, 0.2) is 34.1 Å². The zero-order valence-electron chi connectivity index (χ0n) is 16.7. The Kier molecular flexibility index (Phi) is 8.87. The maximum absolute atomic E-state index is 10.8. The van der Waals surface area contributed by atoms with Gasteiger partial charge in [-0.25, -0.2) is 0 Å². The molecule has 150 valence electrons. The van der Waals surface area contributed by atoms with Gasteiger partial charge < -0.3 is 20.4 Å². The summed E-state index contributed by atoms with van der Waals surface area (Å²) < 4.78 is 0. The summed E-state index contributed by atoms with van der Waals surface area (Å²) in [6.07, 6.45) is 5.64. The average molecular weight is 387 g/mol. The van der Waals surface area contributed by atoms with E-state index in [1.54, 1.807) is 6.92 Å². The zero-order valence-corrected chi connectivity index (χ0v) is 17.4. The molecule has 0 radical (unpaired) electrons. The molecule has 0 saturated heterocycles. The lowest BCUT2D eigenvalue weighted by molar-refractivity contribution is -0.0150. The number of halogens is 1. The first-order chi connectivity index (χ1) is 12.0. The van der Waals surface area contributed by atoms with E-state index in [-0.39, 0.29) is 18.3 Å². The maximum Gasteiger partial charge on any atom is 0.108 e. The number of allylic oxidation sites excluding steroid dienone is 5. The van der Waals surface area contributed by atoms with Gasteiger partial charge in [0.1, 0.15) is 5.76 Å². The SMILES string of the molecule is C/C(=C\CC1CC(O)=C(Cl)C(C)(C)C(CO)C1O)CC/C=C(\C)C(C)O. The zero-order chi connectivity index (χ0) is 20.1. The van der Waals surface area contributed by atoms with Crippen molar-refractivity contribution >= 4 is 11.6 Å². The monoisotopic (exact) mass is 386 g/mol. The van der Waals surface area contributed by atoms with Crippen molar-refractivity contribution in [3.05, 3.63) is 34.1 Å². The second-order valence-corrected chi connectivity index (χ2v) is 8.55. The van der Waals surface area contributed by atoms with Crippen LogP contribution >= 0.6 is 11.6 Å². The van der Waals surface area contributed by atoms with Gasteiger partial charge in [-0.2, -0.15) is 0 Å². The Bertz CT molecular complexity index is 560. The number of hydrogen-bond donors (Lipinski definition) is 4. The molecule has 0 spiro atoms. The predicted molar refractivity (Wildman–Crippen MR) is 107 cm³/mol. The number of aliphatic hydroxyl groups excluding tert-OH is 4. The highest BCUT2D eigenvalue weighted by Crippen LogP contribution is 2.46. The topological polar surface area (TPSA) is 80.9 Å². The van der Waals surface area contributed by atoms with E-state index in [4.69, 9.17) is 11.6 Å². The largest absolute Gasteiger partial charge is 0.511 e. The fourth-order valence-electron chi connectivity index (χ4n) is 3.46. The second-order valence-electron chi connectivity index (χ2n) is 8.18. The number of rotatable bonds is 7. The molecular formula is C21H35ClO4. The van der Waals surface area contributed by atoms with E-state index in [1.165, 1.54) is 5.57 Å². The first-order valence-electron chi connectivity index (χ1n) is 9.39. The molecule has 0 aromatic carbocycles. The van der Waals surface area contributed by atoms with Crippen molar-refractivity contribution < 1.29 is 20.4 Å². The Morgan fingerprint density at radius 1 is 1.31 bits per heavy atom.